The topological polar surface area (TPSA) is 88.2 Å². The van der Waals surface area contributed by atoms with Gasteiger partial charge in [-0.2, -0.15) is 4.98 Å². The second kappa shape index (κ2) is 9.02. The summed E-state index contributed by atoms with van der Waals surface area (Å²) in [5, 5.41) is 16.6. The maximum absolute atomic E-state index is 10.9. The van der Waals surface area contributed by atoms with E-state index < -0.39 is 5.97 Å². The number of nitrogens with one attached hydrogen (secondary N) is 1. The minimum absolute atomic E-state index is 0.194. The molecule has 4 rings (SSSR count). The van der Waals surface area contributed by atoms with E-state index in [0.29, 0.717) is 30.5 Å². The summed E-state index contributed by atoms with van der Waals surface area (Å²) in [6.45, 7) is 7.19. The molecule has 0 unspecified atom stereocenters. The summed E-state index contributed by atoms with van der Waals surface area (Å²) in [4.78, 5) is 15.5. The normalized spacial score (nSPS) is 18.2. The number of benzene rings is 2. The summed E-state index contributed by atoms with van der Waals surface area (Å²) in [6, 6.07) is 14.8. The lowest BCUT2D eigenvalue weighted by Crippen LogP contribution is -2.43. The number of hydrogen-bond acceptors (Lipinski definition) is 5. The number of aromatic nitrogens is 2. The van der Waals surface area contributed by atoms with Crippen LogP contribution in [0.2, 0.25) is 0 Å². The van der Waals surface area contributed by atoms with E-state index in [2.05, 4.69) is 53.6 Å². The Balaban J connectivity index is 1.40. The molecule has 1 aliphatic rings. The lowest BCUT2D eigenvalue weighted by atomic mass is 9.80. The van der Waals surface area contributed by atoms with Gasteiger partial charge in [0.05, 0.1) is 5.92 Å². The van der Waals surface area contributed by atoms with Crippen molar-refractivity contribution >= 4 is 5.97 Å². The predicted octanol–water partition coefficient (Wildman–Crippen LogP) is 4.86. The molecule has 3 aromatic rings. The van der Waals surface area contributed by atoms with Crippen molar-refractivity contribution in [3.05, 3.63) is 59.2 Å². The van der Waals surface area contributed by atoms with Gasteiger partial charge in [-0.05, 0) is 60.9 Å². The first-order valence-electron chi connectivity index (χ1n) is 10.9. The molecule has 0 radical (unpaired) electrons. The molecule has 6 nitrogen and oxygen atoms in total. The van der Waals surface area contributed by atoms with Gasteiger partial charge in [0.25, 0.3) is 5.89 Å². The van der Waals surface area contributed by atoms with Crippen molar-refractivity contribution in [3.8, 4) is 22.8 Å². The first-order valence-corrected chi connectivity index (χ1v) is 10.9. The quantitative estimate of drug-likeness (QED) is 0.542. The minimum atomic E-state index is -0.691. The standard InChI is InChI=1S/C25H29N3O3/c1-15(2)10-17-4-7-19(8-5-17)24-27-23(28-31-24)22-9-6-18(11-16(22)3)14-26-21-12-20(13-21)25(29)30/h4-9,11,15,20-21,26H,10,12-14H2,1-3H3,(H,29,30)/t20-,21+. The molecule has 1 fully saturated rings. The fraction of sp³-hybridized carbons (Fsp3) is 0.400. The Morgan fingerprint density at radius 1 is 1.16 bits per heavy atom. The number of hydrogen-bond donors (Lipinski definition) is 2. The average Bonchev–Trinajstić information content (AvgIpc) is 3.16. The lowest BCUT2D eigenvalue weighted by Gasteiger charge is -2.33. The number of carbonyl (C=O) groups is 1. The molecule has 0 spiro atoms. The van der Waals surface area contributed by atoms with Crippen LogP contribution in [-0.4, -0.2) is 27.3 Å². The molecule has 1 saturated carbocycles. The van der Waals surface area contributed by atoms with Crippen LogP contribution >= 0.6 is 0 Å². The zero-order valence-corrected chi connectivity index (χ0v) is 18.3. The molecule has 1 heterocycles. The smallest absolute Gasteiger partial charge is 0.306 e. The Bertz CT molecular complexity index is 1050. The van der Waals surface area contributed by atoms with Crippen molar-refractivity contribution in [2.24, 2.45) is 11.8 Å². The minimum Gasteiger partial charge on any atom is -0.481 e. The van der Waals surface area contributed by atoms with Crippen LogP contribution in [0.4, 0.5) is 0 Å². The summed E-state index contributed by atoms with van der Waals surface area (Å²) < 4.78 is 5.52. The zero-order valence-electron chi connectivity index (χ0n) is 18.3. The zero-order chi connectivity index (χ0) is 22.0. The third-order valence-corrected chi connectivity index (χ3v) is 5.88. The lowest BCUT2D eigenvalue weighted by molar-refractivity contribution is -0.145. The third kappa shape index (κ3) is 5.02. The van der Waals surface area contributed by atoms with Gasteiger partial charge in [0.15, 0.2) is 0 Å². The Labute approximate surface area is 182 Å². The Hall–Kier alpha value is -2.99. The van der Waals surface area contributed by atoms with E-state index in [1.165, 1.54) is 5.56 Å². The molecule has 1 aromatic heterocycles. The first kappa shape index (κ1) is 21.2. The molecular formula is C25H29N3O3. The highest BCUT2D eigenvalue weighted by Crippen LogP contribution is 2.29. The van der Waals surface area contributed by atoms with Crippen LogP contribution in [0, 0.1) is 18.8 Å². The molecule has 162 valence electrons. The van der Waals surface area contributed by atoms with Crippen LogP contribution in [0.15, 0.2) is 47.0 Å². The molecule has 1 aliphatic carbocycles. The fourth-order valence-electron chi connectivity index (χ4n) is 4.04. The van der Waals surface area contributed by atoms with E-state index in [1.54, 1.807) is 0 Å². The Morgan fingerprint density at radius 3 is 2.52 bits per heavy atom. The van der Waals surface area contributed by atoms with Crippen LogP contribution in [0.3, 0.4) is 0 Å². The molecule has 0 atom stereocenters. The number of nitrogens with zero attached hydrogens (tertiary/aromatic N) is 2. The van der Waals surface area contributed by atoms with E-state index in [1.807, 2.05) is 25.1 Å². The van der Waals surface area contributed by atoms with E-state index in [-0.39, 0.29) is 12.0 Å². The van der Waals surface area contributed by atoms with Crippen LogP contribution in [0.5, 0.6) is 0 Å². The van der Waals surface area contributed by atoms with E-state index in [4.69, 9.17) is 9.63 Å². The summed E-state index contributed by atoms with van der Waals surface area (Å²) in [6.07, 6.45) is 2.46. The van der Waals surface area contributed by atoms with Gasteiger partial charge in [-0.3, -0.25) is 4.79 Å². The molecule has 0 aliphatic heterocycles. The first-order chi connectivity index (χ1) is 14.9. The van der Waals surface area contributed by atoms with Gasteiger partial charge in [-0.15, -0.1) is 0 Å². The number of aliphatic carboxylic acids is 1. The molecule has 2 aromatic carbocycles. The number of carboxylic acids is 1. The summed E-state index contributed by atoms with van der Waals surface area (Å²) in [5.41, 5.74) is 5.41. The van der Waals surface area contributed by atoms with E-state index in [0.717, 1.165) is 35.2 Å². The summed E-state index contributed by atoms with van der Waals surface area (Å²) in [5.74, 6) is 0.845. The van der Waals surface area contributed by atoms with Gasteiger partial charge in [-0.1, -0.05) is 49.3 Å². The van der Waals surface area contributed by atoms with Gasteiger partial charge in [-0.25, -0.2) is 0 Å². The Kier molecular flexibility index (Phi) is 6.18. The second-order valence-corrected chi connectivity index (χ2v) is 8.95. The van der Waals surface area contributed by atoms with Crippen molar-refractivity contribution in [3.63, 3.8) is 0 Å². The molecule has 0 bridgehead atoms. The molecule has 0 saturated heterocycles. The van der Waals surface area contributed by atoms with Crippen LogP contribution in [0.25, 0.3) is 22.8 Å². The van der Waals surface area contributed by atoms with Crippen LogP contribution < -0.4 is 5.32 Å². The van der Waals surface area contributed by atoms with E-state index >= 15 is 0 Å². The number of aryl methyl sites for hydroxylation is 1. The van der Waals surface area contributed by atoms with Gasteiger partial charge in [0, 0.05) is 23.7 Å². The van der Waals surface area contributed by atoms with Gasteiger partial charge in [0.1, 0.15) is 0 Å². The highest BCUT2D eigenvalue weighted by molar-refractivity contribution is 5.71. The molecule has 6 heteroatoms. The van der Waals surface area contributed by atoms with Gasteiger partial charge >= 0.3 is 5.97 Å². The van der Waals surface area contributed by atoms with E-state index in [9.17, 15) is 4.79 Å². The SMILES string of the molecule is Cc1cc(CN[C@H]2C[C@@H](C(=O)O)C2)ccc1-c1noc(-c2ccc(CC(C)C)cc2)n1. The predicted molar refractivity (Wildman–Crippen MR) is 119 cm³/mol. The average molecular weight is 420 g/mol. The van der Waals surface area contributed by atoms with Crippen molar-refractivity contribution in [2.75, 3.05) is 0 Å². The largest absolute Gasteiger partial charge is 0.481 e. The van der Waals surface area contributed by atoms with Crippen molar-refractivity contribution < 1.29 is 14.4 Å². The number of rotatable bonds is 8. The second-order valence-electron chi connectivity index (χ2n) is 8.95. The summed E-state index contributed by atoms with van der Waals surface area (Å²) >= 11 is 0. The fourth-order valence-corrected chi connectivity index (χ4v) is 4.04. The summed E-state index contributed by atoms with van der Waals surface area (Å²) in [7, 11) is 0. The highest BCUT2D eigenvalue weighted by atomic mass is 16.5. The maximum atomic E-state index is 10.9. The monoisotopic (exact) mass is 419 g/mol. The van der Waals surface area contributed by atoms with Crippen molar-refractivity contribution in [1.29, 1.82) is 0 Å². The van der Waals surface area contributed by atoms with Gasteiger partial charge < -0.3 is 14.9 Å². The molecule has 0 amide bonds. The molecule has 31 heavy (non-hydrogen) atoms. The van der Waals surface area contributed by atoms with Crippen LogP contribution in [0.1, 0.15) is 43.4 Å². The van der Waals surface area contributed by atoms with Gasteiger partial charge in [0.2, 0.25) is 5.82 Å². The third-order valence-electron chi connectivity index (χ3n) is 5.88. The van der Waals surface area contributed by atoms with Crippen LogP contribution in [-0.2, 0) is 17.8 Å². The molecular weight excluding hydrogens is 390 g/mol. The molecule has 2 N–H and O–H groups in total. The number of carboxylic acid groups (broad SMARTS) is 1. The highest BCUT2D eigenvalue weighted by Gasteiger charge is 2.33. The van der Waals surface area contributed by atoms with Crippen molar-refractivity contribution in [1.82, 2.24) is 15.5 Å². The Morgan fingerprint density at radius 2 is 1.87 bits per heavy atom. The maximum Gasteiger partial charge on any atom is 0.306 e. The van der Waals surface area contributed by atoms with Crippen molar-refractivity contribution in [2.45, 2.75) is 52.6 Å².